The molecule has 1 saturated heterocycles. The molecule has 3 aromatic rings. The molecule has 0 saturated carbocycles. The zero-order valence-corrected chi connectivity index (χ0v) is 20.6. The molecule has 0 aliphatic carbocycles. The first-order chi connectivity index (χ1) is 15.5. The van der Waals surface area contributed by atoms with Gasteiger partial charge in [-0.15, -0.1) is 11.8 Å². The Balaban J connectivity index is 1.43. The molecule has 0 N–H and O–H groups in total. The molecule has 0 amide bonds. The lowest BCUT2D eigenvalue weighted by atomic mass is 10.0. The summed E-state index contributed by atoms with van der Waals surface area (Å²) >= 11 is 20.2. The second kappa shape index (κ2) is 10.7. The van der Waals surface area contributed by atoms with E-state index in [4.69, 9.17) is 49.0 Å². The van der Waals surface area contributed by atoms with Gasteiger partial charge in [0.15, 0.2) is 5.79 Å². The Bertz CT molecular complexity index is 1010. The van der Waals surface area contributed by atoms with Crippen molar-refractivity contribution in [2.45, 2.75) is 36.2 Å². The number of aryl methyl sites for hydroxylation is 1. The van der Waals surface area contributed by atoms with Crippen LogP contribution in [0.2, 0.25) is 15.1 Å². The van der Waals surface area contributed by atoms with Gasteiger partial charge in [0.05, 0.1) is 42.7 Å². The van der Waals surface area contributed by atoms with Crippen LogP contribution >= 0.6 is 46.6 Å². The van der Waals surface area contributed by atoms with E-state index in [1.54, 1.807) is 43.5 Å². The molecule has 32 heavy (non-hydrogen) atoms. The Hall–Kier alpha value is -1.41. The zero-order valence-electron chi connectivity index (χ0n) is 17.5. The molecule has 0 radical (unpaired) electrons. The van der Waals surface area contributed by atoms with Gasteiger partial charge < -0.3 is 18.8 Å². The molecule has 1 fully saturated rings. The van der Waals surface area contributed by atoms with Crippen LogP contribution in [-0.4, -0.2) is 40.9 Å². The van der Waals surface area contributed by atoms with E-state index >= 15 is 0 Å². The van der Waals surface area contributed by atoms with Crippen molar-refractivity contribution in [3.63, 3.8) is 0 Å². The van der Waals surface area contributed by atoms with Crippen LogP contribution < -0.4 is 4.74 Å². The van der Waals surface area contributed by atoms with Crippen molar-refractivity contribution in [2.24, 2.45) is 0 Å². The number of halogens is 3. The predicted molar refractivity (Wildman–Crippen MR) is 129 cm³/mol. The molecule has 2 atom stereocenters. The third kappa shape index (κ3) is 5.93. The lowest BCUT2D eigenvalue weighted by Gasteiger charge is -2.28. The van der Waals surface area contributed by atoms with E-state index in [1.807, 2.05) is 22.9 Å². The Labute approximate surface area is 206 Å². The molecule has 0 bridgehead atoms. The molecule has 2 aromatic carbocycles. The van der Waals surface area contributed by atoms with Crippen LogP contribution in [0.3, 0.4) is 0 Å². The van der Waals surface area contributed by atoms with Crippen LogP contribution in [0.5, 0.6) is 5.75 Å². The van der Waals surface area contributed by atoms with E-state index in [-0.39, 0.29) is 6.10 Å². The van der Waals surface area contributed by atoms with Crippen molar-refractivity contribution in [1.82, 2.24) is 9.55 Å². The van der Waals surface area contributed by atoms with Gasteiger partial charge in [-0.3, -0.25) is 0 Å². The highest BCUT2D eigenvalue weighted by Gasteiger charge is 2.41. The maximum atomic E-state index is 6.49. The lowest BCUT2D eigenvalue weighted by Crippen LogP contribution is -2.37. The second-order valence-electron chi connectivity index (χ2n) is 7.55. The summed E-state index contributed by atoms with van der Waals surface area (Å²) in [7, 11) is 1.66. The van der Waals surface area contributed by atoms with Gasteiger partial charge >= 0.3 is 0 Å². The van der Waals surface area contributed by atoms with Gasteiger partial charge in [0.25, 0.3) is 0 Å². The minimum absolute atomic E-state index is 0.0952. The highest BCUT2D eigenvalue weighted by atomic mass is 35.5. The van der Waals surface area contributed by atoms with Crippen molar-refractivity contribution in [1.29, 1.82) is 0 Å². The topological polar surface area (TPSA) is 45.5 Å². The summed E-state index contributed by atoms with van der Waals surface area (Å²) in [5.74, 6) is 0.765. The van der Waals surface area contributed by atoms with Crippen molar-refractivity contribution in [2.75, 3.05) is 19.5 Å². The Kier molecular flexibility index (Phi) is 7.92. The summed E-state index contributed by atoms with van der Waals surface area (Å²) in [5, 5.41) is 1.59. The van der Waals surface area contributed by atoms with Crippen molar-refractivity contribution in [3.05, 3.63) is 75.8 Å². The highest BCUT2D eigenvalue weighted by molar-refractivity contribution is 7.99. The monoisotopic (exact) mass is 512 g/mol. The fourth-order valence-electron chi connectivity index (χ4n) is 3.62. The molecule has 2 heterocycles. The van der Waals surface area contributed by atoms with Gasteiger partial charge in [0.2, 0.25) is 0 Å². The second-order valence-corrected chi connectivity index (χ2v) is 9.84. The molecule has 1 aromatic heterocycles. The zero-order chi connectivity index (χ0) is 22.6. The maximum absolute atomic E-state index is 6.49. The molecule has 2 unspecified atom stereocenters. The van der Waals surface area contributed by atoms with Gasteiger partial charge in [-0.2, -0.15) is 0 Å². The van der Waals surface area contributed by atoms with Crippen LogP contribution in [0.25, 0.3) is 0 Å². The molecule has 9 heteroatoms. The van der Waals surface area contributed by atoms with Crippen LogP contribution in [0.15, 0.2) is 60.0 Å². The first-order valence-electron chi connectivity index (χ1n) is 10.1. The standard InChI is InChI=1S/C23H23Cl3N2O3S/c1-29-18-4-2-16(3-5-18)6-7-23(14-28-9-8-27-15-28)30-12-19(31-23)13-32-22-20(25)10-17(24)11-21(22)26/h2-5,8-11,15,19H,6-7,12-14H2,1H3. The van der Waals surface area contributed by atoms with E-state index in [0.717, 1.165) is 17.1 Å². The van der Waals surface area contributed by atoms with Crippen molar-refractivity contribution >= 4 is 46.6 Å². The van der Waals surface area contributed by atoms with Gasteiger partial charge in [-0.25, -0.2) is 4.98 Å². The highest BCUT2D eigenvalue weighted by Crippen LogP contribution is 2.39. The third-order valence-corrected chi connectivity index (χ3v) is 7.53. The van der Waals surface area contributed by atoms with E-state index in [9.17, 15) is 0 Å². The molecule has 1 aliphatic heterocycles. The average molecular weight is 514 g/mol. The number of benzene rings is 2. The summed E-state index contributed by atoms with van der Waals surface area (Å²) < 4.78 is 20.0. The summed E-state index contributed by atoms with van der Waals surface area (Å²) in [6, 6.07) is 11.5. The number of aromatic nitrogens is 2. The van der Waals surface area contributed by atoms with Crippen LogP contribution in [0.1, 0.15) is 12.0 Å². The normalized spacial score (nSPS) is 20.6. The van der Waals surface area contributed by atoms with Gasteiger partial charge in [-0.05, 0) is 36.2 Å². The van der Waals surface area contributed by atoms with Crippen molar-refractivity contribution < 1.29 is 14.2 Å². The minimum atomic E-state index is -0.737. The average Bonchev–Trinajstić information content (AvgIpc) is 3.42. The molecule has 170 valence electrons. The fraction of sp³-hybridized carbons (Fsp3) is 0.348. The first kappa shape index (κ1) is 23.7. The number of imidazole rings is 1. The summed E-state index contributed by atoms with van der Waals surface area (Å²) in [6.45, 7) is 1.06. The van der Waals surface area contributed by atoms with Gasteiger partial charge in [0, 0.05) is 34.5 Å². The number of hydrogen-bond donors (Lipinski definition) is 0. The molecular formula is C23H23Cl3N2O3S. The van der Waals surface area contributed by atoms with Crippen LogP contribution in [0.4, 0.5) is 0 Å². The van der Waals surface area contributed by atoms with E-state index in [0.29, 0.717) is 40.4 Å². The quantitative estimate of drug-likeness (QED) is 0.310. The number of thioether (sulfide) groups is 1. The molecule has 1 aliphatic rings. The fourth-order valence-corrected chi connectivity index (χ4v) is 5.68. The molecule has 4 rings (SSSR count). The summed E-state index contributed by atoms with van der Waals surface area (Å²) in [4.78, 5) is 4.95. The van der Waals surface area contributed by atoms with Crippen molar-refractivity contribution in [3.8, 4) is 5.75 Å². The maximum Gasteiger partial charge on any atom is 0.187 e. The number of nitrogens with zero attached hydrogens (tertiary/aromatic N) is 2. The molecule has 5 nitrogen and oxygen atoms in total. The Morgan fingerprint density at radius 1 is 1.19 bits per heavy atom. The third-order valence-electron chi connectivity index (χ3n) is 5.23. The largest absolute Gasteiger partial charge is 0.497 e. The Morgan fingerprint density at radius 3 is 2.59 bits per heavy atom. The van der Waals surface area contributed by atoms with Crippen LogP contribution in [-0.2, 0) is 22.4 Å². The molecular weight excluding hydrogens is 491 g/mol. The SMILES string of the molecule is COc1ccc(CCC2(Cn3ccnc3)OCC(CSc3c(Cl)cc(Cl)cc3Cl)O2)cc1. The smallest absolute Gasteiger partial charge is 0.187 e. The summed E-state index contributed by atoms with van der Waals surface area (Å²) in [5.41, 5.74) is 1.19. The van der Waals surface area contributed by atoms with Gasteiger partial charge in [0.1, 0.15) is 5.75 Å². The summed E-state index contributed by atoms with van der Waals surface area (Å²) in [6.07, 6.45) is 6.87. The molecule has 0 spiro atoms. The Morgan fingerprint density at radius 2 is 1.94 bits per heavy atom. The van der Waals surface area contributed by atoms with E-state index in [2.05, 4.69) is 17.1 Å². The van der Waals surface area contributed by atoms with E-state index in [1.165, 1.54) is 5.56 Å². The number of rotatable bonds is 9. The predicted octanol–water partition coefficient (Wildman–Crippen LogP) is 6.39. The number of methoxy groups -OCH3 is 1. The lowest BCUT2D eigenvalue weighted by molar-refractivity contribution is -0.180. The van der Waals surface area contributed by atoms with Gasteiger partial charge in [-0.1, -0.05) is 46.9 Å². The first-order valence-corrected chi connectivity index (χ1v) is 12.3. The van der Waals surface area contributed by atoms with E-state index < -0.39 is 5.79 Å². The minimum Gasteiger partial charge on any atom is -0.497 e. The van der Waals surface area contributed by atoms with Crippen LogP contribution in [0, 0.1) is 0 Å². The number of hydrogen-bond acceptors (Lipinski definition) is 5. The number of ether oxygens (including phenoxy) is 3.